The summed E-state index contributed by atoms with van der Waals surface area (Å²) < 4.78 is 0. The molecule has 0 aromatic heterocycles. The van der Waals surface area contributed by atoms with Gasteiger partial charge >= 0.3 is 0 Å². The number of benzene rings is 2. The summed E-state index contributed by atoms with van der Waals surface area (Å²) in [6.45, 7) is 13.3. The second kappa shape index (κ2) is 16.6. The Balaban J connectivity index is 0.000000544. The minimum absolute atomic E-state index is 0.128. The highest BCUT2D eigenvalue weighted by molar-refractivity contribution is 6.01. The van der Waals surface area contributed by atoms with Crippen molar-refractivity contribution in [1.82, 2.24) is 15.1 Å². The summed E-state index contributed by atoms with van der Waals surface area (Å²) in [6.07, 6.45) is 2.79. The van der Waals surface area contributed by atoms with Crippen LogP contribution in [0.5, 0.6) is 0 Å². The van der Waals surface area contributed by atoms with Gasteiger partial charge in [0.25, 0.3) is 5.91 Å². The standard InChI is InChI=1S/C27H34N6O3.C4H7NO2.C2H6/c1-29-26(35)10-9-21(18-34)33-17-24-23(27(33)36)3-2-4-25(24)31-13-11-30(12-14-31)22-15-32(16-22)20-7-5-19(28)6-8-20;1-3-4(2)5(6)7;1-2/h2-8,18,21-22H,9-17,28H2,1H3,(H,29,35);3H,1-2H3;1-2H3/b;4-3+;. The molecule has 1 unspecified atom stereocenters. The minimum atomic E-state index is -0.602. The molecule has 1 atom stereocenters. The Morgan fingerprint density at radius 3 is 2.27 bits per heavy atom. The summed E-state index contributed by atoms with van der Waals surface area (Å²) >= 11 is 0. The number of nitrogens with zero attached hydrogens (tertiary/aromatic N) is 5. The third-order valence-electron chi connectivity index (χ3n) is 8.47. The lowest BCUT2D eigenvalue weighted by molar-refractivity contribution is -0.424. The van der Waals surface area contributed by atoms with E-state index in [-0.39, 0.29) is 23.9 Å². The van der Waals surface area contributed by atoms with Gasteiger partial charge in [-0.15, -0.1) is 0 Å². The lowest BCUT2D eigenvalue weighted by Crippen LogP contribution is -2.63. The highest BCUT2D eigenvalue weighted by atomic mass is 16.6. The molecule has 12 nitrogen and oxygen atoms in total. The quantitative estimate of drug-likeness (QED) is 0.186. The molecule has 2 fully saturated rings. The molecule has 0 radical (unpaired) electrons. The summed E-state index contributed by atoms with van der Waals surface area (Å²) in [5.74, 6) is -0.260. The fourth-order valence-corrected chi connectivity index (χ4v) is 5.62. The van der Waals surface area contributed by atoms with Gasteiger partial charge in [-0.3, -0.25) is 24.6 Å². The number of allylic oxidation sites excluding steroid dienone is 2. The first-order chi connectivity index (χ1) is 21.7. The number of fused-ring (bicyclic) bond motifs is 1. The number of nitrogens with two attached hydrogens (primary N) is 1. The fraction of sp³-hybridized carbons (Fsp3) is 0.485. The molecule has 45 heavy (non-hydrogen) atoms. The Morgan fingerprint density at radius 2 is 1.73 bits per heavy atom. The molecule has 3 aliphatic rings. The molecular formula is C33H47N7O5. The average Bonchev–Trinajstić information content (AvgIpc) is 3.38. The molecule has 0 spiro atoms. The zero-order valence-corrected chi connectivity index (χ0v) is 27.1. The monoisotopic (exact) mass is 621 g/mol. The first kappa shape index (κ1) is 35.0. The Kier molecular flexibility index (Phi) is 12.9. The lowest BCUT2D eigenvalue weighted by atomic mass is 10.0. The molecule has 3 aliphatic heterocycles. The number of carbonyl (C=O) groups excluding carboxylic acids is 3. The molecule has 2 saturated heterocycles. The van der Waals surface area contributed by atoms with E-state index in [2.05, 4.69) is 38.2 Å². The van der Waals surface area contributed by atoms with E-state index in [1.54, 1.807) is 18.9 Å². The maximum absolute atomic E-state index is 13.1. The number of carbonyl (C=O) groups is 3. The van der Waals surface area contributed by atoms with E-state index in [0.717, 1.165) is 62.5 Å². The molecule has 0 aliphatic carbocycles. The van der Waals surface area contributed by atoms with Crippen molar-refractivity contribution in [3.05, 3.63) is 75.5 Å². The molecule has 2 aromatic carbocycles. The minimum Gasteiger partial charge on any atom is -0.399 e. The maximum Gasteiger partial charge on any atom is 0.255 e. The van der Waals surface area contributed by atoms with E-state index in [1.165, 1.54) is 18.7 Å². The third-order valence-corrected chi connectivity index (χ3v) is 8.47. The van der Waals surface area contributed by atoms with Gasteiger partial charge in [-0.25, -0.2) is 0 Å². The van der Waals surface area contributed by atoms with Crippen molar-refractivity contribution in [2.24, 2.45) is 0 Å². The van der Waals surface area contributed by atoms with Crippen molar-refractivity contribution in [2.75, 3.05) is 61.8 Å². The molecule has 3 N–H and O–H groups in total. The van der Waals surface area contributed by atoms with Crippen LogP contribution in [0.3, 0.4) is 0 Å². The fourth-order valence-electron chi connectivity index (χ4n) is 5.62. The van der Waals surface area contributed by atoms with Crippen molar-refractivity contribution in [3.63, 3.8) is 0 Å². The molecule has 12 heteroatoms. The van der Waals surface area contributed by atoms with Gasteiger partial charge in [0, 0.05) is 100 Å². The number of nitrogen functional groups attached to an aromatic ring is 1. The number of nitrogens with one attached hydrogen (secondary N) is 1. The first-order valence-electron chi connectivity index (χ1n) is 15.6. The van der Waals surface area contributed by atoms with E-state index < -0.39 is 11.0 Å². The number of hydrogen-bond acceptors (Lipinski definition) is 9. The Labute approximate surface area is 266 Å². The van der Waals surface area contributed by atoms with Crippen LogP contribution in [-0.4, -0.2) is 91.2 Å². The van der Waals surface area contributed by atoms with Crippen molar-refractivity contribution in [1.29, 1.82) is 0 Å². The zero-order valence-electron chi connectivity index (χ0n) is 27.1. The van der Waals surface area contributed by atoms with Crippen LogP contribution >= 0.6 is 0 Å². The topological polar surface area (TPSA) is 145 Å². The Bertz CT molecular complexity index is 1350. The average molecular weight is 622 g/mol. The van der Waals surface area contributed by atoms with Crippen LogP contribution < -0.4 is 20.9 Å². The summed E-state index contributed by atoms with van der Waals surface area (Å²) in [5, 5.41) is 12.2. The summed E-state index contributed by atoms with van der Waals surface area (Å²) in [7, 11) is 1.57. The predicted molar refractivity (Wildman–Crippen MR) is 178 cm³/mol. The maximum atomic E-state index is 13.1. The van der Waals surface area contributed by atoms with Gasteiger partial charge in [-0.1, -0.05) is 19.9 Å². The van der Waals surface area contributed by atoms with Gasteiger partial charge in [0.15, 0.2) is 0 Å². The Morgan fingerprint density at radius 1 is 1.09 bits per heavy atom. The number of piperazine rings is 1. The van der Waals surface area contributed by atoms with Gasteiger partial charge in [0.2, 0.25) is 11.6 Å². The van der Waals surface area contributed by atoms with Gasteiger partial charge in [-0.05, 0) is 55.8 Å². The normalized spacial score (nSPS) is 17.2. The molecule has 3 heterocycles. The number of amides is 2. The largest absolute Gasteiger partial charge is 0.399 e. The van der Waals surface area contributed by atoms with Crippen LogP contribution in [0.2, 0.25) is 0 Å². The van der Waals surface area contributed by atoms with Crippen molar-refractivity contribution >= 4 is 35.2 Å². The third kappa shape index (κ3) is 8.59. The highest BCUT2D eigenvalue weighted by Gasteiger charge is 2.37. The van der Waals surface area contributed by atoms with E-state index >= 15 is 0 Å². The number of aldehydes is 1. The molecule has 244 valence electrons. The summed E-state index contributed by atoms with van der Waals surface area (Å²) in [6, 6.07) is 13.9. The predicted octanol–water partition coefficient (Wildman–Crippen LogP) is 3.54. The second-order valence-corrected chi connectivity index (χ2v) is 11.0. The summed E-state index contributed by atoms with van der Waals surface area (Å²) in [5.41, 5.74) is 10.7. The highest BCUT2D eigenvalue weighted by Crippen LogP contribution is 2.34. The molecule has 5 rings (SSSR count). The lowest BCUT2D eigenvalue weighted by Gasteiger charge is -2.49. The molecule has 0 saturated carbocycles. The zero-order chi connectivity index (χ0) is 33.1. The molecule has 0 bridgehead atoms. The number of rotatable bonds is 9. The Hall–Kier alpha value is -4.45. The van der Waals surface area contributed by atoms with E-state index in [0.29, 0.717) is 24.6 Å². The van der Waals surface area contributed by atoms with E-state index in [9.17, 15) is 24.5 Å². The van der Waals surface area contributed by atoms with E-state index in [4.69, 9.17) is 5.73 Å². The summed E-state index contributed by atoms with van der Waals surface area (Å²) in [4.78, 5) is 54.8. The smallest absolute Gasteiger partial charge is 0.255 e. The van der Waals surface area contributed by atoms with Crippen molar-refractivity contribution in [3.8, 4) is 0 Å². The van der Waals surface area contributed by atoms with Crippen LogP contribution in [0.15, 0.2) is 54.2 Å². The van der Waals surface area contributed by atoms with Crippen molar-refractivity contribution in [2.45, 2.75) is 59.2 Å². The van der Waals surface area contributed by atoms with Crippen LogP contribution in [0.1, 0.15) is 56.5 Å². The number of hydrogen-bond donors (Lipinski definition) is 2. The van der Waals surface area contributed by atoms with Crippen LogP contribution in [0, 0.1) is 10.1 Å². The molecule has 2 amide bonds. The van der Waals surface area contributed by atoms with E-state index in [1.807, 2.05) is 38.1 Å². The first-order valence-corrected chi connectivity index (χ1v) is 15.6. The number of anilines is 3. The van der Waals surface area contributed by atoms with Gasteiger partial charge in [-0.2, -0.15) is 0 Å². The molecular weight excluding hydrogens is 574 g/mol. The van der Waals surface area contributed by atoms with Crippen LogP contribution in [0.4, 0.5) is 17.1 Å². The van der Waals surface area contributed by atoms with Gasteiger partial charge in [0.05, 0.1) is 11.0 Å². The van der Waals surface area contributed by atoms with Gasteiger partial charge in [0.1, 0.15) is 6.29 Å². The second-order valence-electron chi connectivity index (χ2n) is 11.0. The van der Waals surface area contributed by atoms with Crippen molar-refractivity contribution < 1.29 is 19.3 Å². The number of nitro groups is 1. The SMILES string of the molecule is C/C=C(\C)[N+](=O)[O-].CC.CNC(=O)CCC(C=O)N1Cc2c(cccc2N2CCN(C3CN(c4ccc(N)cc4)C3)CC2)C1=O. The van der Waals surface area contributed by atoms with Crippen LogP contribution in [-0.2, 0) is 16.1 Å². The van der Waals surface area contributed by atoms with Crippen LogP contribution in [0.25, 0.3) is 0 Å². The molecule has 2 aromatic rings. The van der Waals surface area contributed by atoms with Gasteiger partial charge < -0.3 is 30.5 Å².